The molecule has 4 rings (SSSR count). The van der Waals surface area contributed by atoms with E-state index >= 15 is 0 Å². The minimum atomic E-state index is -0.728. The van der Waals surface area contributed by atoms with E-state index in [0.717, 1.165) is 5.56 Å². The molecule has 35 heavy (non-hydrogen) atoms. The largest absolute Gasteiger partial charge is 0.507 e. The third kappa shape index (κ3) is 5.04. The number of hydrogen-bond donors (Lipinski definition) is 1. The Morgan fingerprint density at radius 1 is 1.26 bits per heavy atom. The molecule has 0 amide bonds. The number of fused-ring (bicyclic) bond motifs is 1. The molecule has 0 saturated heterocycles. The summed E-state index contributed by atoms with van der Waals surface area (Å²) in [6.45, 7) is 7.54. The zero-order valence-corrected chi connectivity index (χ0v) is 21.3. The second kappa shape index (κ2) is 10.1. The molecule has 9 heteroatoms. The molecule has 0 radical (unpaired) electrons. The van der Waals surface area contributed by atoms with Crippen LogP contribution in [0.4, 0.5) is 0 Å². The lowest BCUT2D eigenvalue weighted by Gasteiger charge is -2.25. The van der Waals surface area contributed by atoms with Gasteiger partial charge in [-0.3, -0.25) is 9.36 Å². The van der Waals surface area contributed by atoms with Crippen LogP contribution in [-0.2, 0) is 9.53 Å². The van der Waals surface area contributed by atoms with Crippen LogP contribution in [0, 0.1) is 0 Å². The molecule has 1 atom stereocenters. The van der Waals surface area contributed by atoms with Gasteiger partial charge in [0, 0.05) is 10.6 Å². The number of rotatable bonds is 6. The monoisotopic (exact) mass is 512 g/mol. The summed E-state index contributed by atoms with van der Waals surface area (Å²) in [4.78, 5) is 31.6. The Bertz CT molecular complexity index is 1490. The van der Waals surface area contributed by atoms with Gasteiger partial charge in [-0.25, -0.2) is 9.79 Å². The average Bonchev–Trinajstić information content (AvgIpc) is 3.10. The predicted octanol–water partition coefficient (Wildman–Crippen LogP) is 3.94. The zero-order valence-electron chi connectivity index (χ0n) is 19.7. The van der Waals surface area contributed by atoms with Gasteiger partial charge < -0.3 is 14.6 Å². The molecule has 0 bridgehead atoms. The summed E-state index contributed by atoms with van der Waals surface area (Å²) in [7, 11) is 0. The molecule has 1 N–H and O–H groups in total. The van der Waals surface area contributed by atoms with Gasteiger partial charge >= 0.3 is 5.97 Å². The molecule has 2 aromatic carbocycles. The van der Waals surface area contributed by atoms with Gasteiger partial charge in [0.05, 0.1) is 34.6 Å². The number of hydrogen-bond acceptors (Lipinski definition) is 7. The van der Waals surface area contributed by atoms with E-state index in [2.05, 4.69) is 4.99 Å². The minimum Gasteiger partial charge on any atom is -0.507 e. The SMILES string of the molecule is CCOC(=O)C1=C(C)N=c2sc(=Cc3cc(Cl)ccc3O)c(=O)n2[C@@H]1c1ccc(OC(C)C)cc1. The molecule has 0 fully saturated rings. The highest BCUT2D eigenvalue weighted by Crippen LogP contribution is 2.32. The van der Waals surface area contributed by atoms with E-state index in [0.29, 0.717) is 36.9 Å². The highest BCUT2D eigenvalue weighted by Gasteiger charge is 2.33. The van der Waals surface area contributed by atoms with Crippen LogP contribution >= 0.6 is 22.9 Å². The van der Waals surface area contributed by atoms with Crippen LogP contribution in [-0.4, -0.2) is 28.4 Å². The van der Waals surface area contributed by atoms with Crippen LogP contribution in [0.5, 0.6) is 11.5 Å². The number of halogens is 1. The van der Waals surface area contributed by atoms with Crippen molar-refractivity contribution in [2.24, 2.45) is 4.99 Å². The first-order chi connectivity index (χ1) is 16.7. The van der Waals surface area contributed by atoms with E-state index in [1.165, 1.54) is 22.0 Å². The average molecular weight is 513 g/mol. The highest BCUT2D eigenvalue weighted by atomic mass is 35.5. The van der Waals surface area contributed by atoms with E-state index < -0.39 is 12.0 Å². The summed E-state index contributed by atoms with van der Waals surface area (Å²) in [5.41, 5.74) is 1.57. The van der Waals surface area contributed by atoms with E-state index in [-0.39, 0.29) is 24.0 Å². The third-order valence-electron chi connectivity index (χ3n) is 5.36. The van der Waals surface area contributed by atoms with Crippen molar-refractivity contribution in [1.29, 1.82) is 0 Å². The lowest BCUT2D eigenvalue weighted by atomic mass is 9.96. The Morgan fingerprint density at radius 2 is 1.97 bits per heavy atom. The first-order valence-electron chi connectivity index (χ1n) is 11.1. The first-order valence-corrected chi connectivity index (χ1v) is 12.3. The second-order valence-corrected chi connectivity index (χ2v) is 9.69. The number of ether oxygens (including phenoxy) is 2. The minimum absolute atomic E-state index is 0.000852. The second-order valence-electron chi connectivity index (χ2n) is 8.24. The van der Waals surface area contributed by atoms with Gasteiger partial charge in [0.25, 0.3) is 5.56 Å². The Kier molecular flexibility index (Phi) is 7.14. The molecule has 7 nitrogen and oxygen atoms in total. The van der Waals surface area contributed by atoms with Gasteiger partial charge in [-0.2, -0.15) is 0 Å². The van der Waals surface area contributed by atoms with Crippen molar-refractivity contribution in [1.82, 2.24) is 4.57 Å². The topological polar surface area (TPSA) is 90.1 Å². The Morgan fingerprint density at radius 3 is 2.63 bits per heavy atom. The first kappa shape index (κ1) is 24.8. The molecular formula is C26H25ClN2O5S. The Labute approximate surface area is 211 Å². The van der Waals surface area contributed by atoms with Crippen LogP contribution in [0.1, 0.15) is 44.9 Å². The van der Waals surface area contributed by atoms with Crippen LogP contribution in [0.2, 0.25) is 5.02 Å². The lowest BCUT2D eigenvalue weighted by Crippen LogP contribution is -2.39. The van der Waals surface area contributed by atoms with Crippen LogP contribution in [0.3, 0.4) is 0 Å². The number of aromatic nitrogens is 1. The van der Waals surface area contributed by atoms with Crippen molar-refractivity contribution >= 4 is 35.0 Å². The van der Waals surface area contributed by atoms with Crippen molar-refractivity contribution in [3.05, 3.63) is 89.6 Å². The molecular weight excluding hydrogens is 488 g/mol. The molecule has 1 aliphatic rings. The summed E-state index contributed by atoms with van der Waals surface area (Å²) >= 11 is 7.25. The summed E-state index contributed by atoms with van der Waals surface area (Å²) < 4.78 is 12.9. The number of thiazole rings is 1. The molecule has 0 spiro atoms. The Balaban J connectivity index is 1.92. The van der Waals surface area contributed by atoms with Gasteiger partial charge in [0.2, 0.25) is 0 Å². The van der Waals surface area contributed by atoms with Crippen molar-refractivity contribution < 1.29 is 19.4 Å². The van der Waals surface area contributed by atoms with Gasteiger partial charge in [-0.1, -0.05) is 35.1 Å². The summed E-state index contributed by atoms with van der Waals surface area (Å²) in [5.74, 6) is 0.162. The number of phenols is 1. The van der Waals surface area contributed by atoms with Crippen LogP contribution in [0.15, 0.2) is 63.5 Å². The smallest absolute Gasteiger partial charge is 0.338 e. The number of nitrogens with zero attached hydrogens (tertiary/aromatic N) is 2. The number of phenolic OH excluding ortho intramolecular Hbond substituents is 1. The molecule has 1 aromatic heterocycles. The van der Waals surface area contributed by atoms with Crippen molar-refractivity contribution in [2.45, 2.75) is 39.8 Å². The van der Waals surface area contributed by atoms with E-state index in [4.69, 9.17) is 21.1 Å². The number of allylic oxidation sites excluding steroid dienone is 1. The van der Waals surface area contributed by atoms with Crippen molar-refractivity contribution in [2.75, 3.05) is 6.61 Å². The number of carbonyl (C=O) groups excluding carboxylic acids is 1. The molecule has 1 aliphatic heterocycles. The quantitative estimate of drug-likeness (QED) is 0.505. The third-order valence-corrected chi connectivity index (χ3v) is 6.58. The number of carbonyl (C=O) groups is 1. The maximum atomic E-state index is 13.6. The maximum Gasteiger partial charge on any atom is 0.338 e. The van der Waals surface area contributed by atoms with E-state index in [9.17, 15) is 14.7 Å². The number of benzene rings is 2. The summed E-state index contributed by atoms with van der Waals surface area (Å²) in [5, 5.41) is 10.7. The fourth-order valence-corrected chi connectivity index (χ4v) is 5.11. The van der Waals surface area contributed by atoms with Gasteiger partial charge in [0.15, 0.2) is 4.80 Å². The number of esters is 1. The molecule has 0 saturated carbocycles. The molecule has 3 aromatic rings. The zero-order chi connectivity index (χ0) is 25.3. The molecule has 182 valence electrons. The summed E-state index contributed by atoms with van der Waals surface area (Å²) in [6, 6.07) is 11.2. The normalized spacial score (nSPS) is 15.7. The predicted molar refractivity (Wildman–Crippen MR) is 136 cm³/mol. The molecule has 0 unspecified atom stereocenters. The van der Waals surface area contributed by atoms with Crippen LogP contribution in [0.25, 0.3) is 6.08 Å². The lowest BCUT2D eigenvalue weighted by molar-refractivity contribution is -0.139. The fourth-order valence-electron chi connectivity index (χ4n) is 3.89. The Hall–Kier alpha value is -3.36. The van der Waals surface area contributed by atoms with Gasteiger partial charge in [-0.05, 0) is 69.7 Å². The highest BCUT2D eigenvalue weighted by molar-refractivity contribution is 7.07. The summed E-state index contributed by atoms with van der Waals surface area (Å²) in [6.07, 6.45) is 1.59. The van der Waals surface area contributed by atoms with E-state index in [1.54, 1.807) is 32.1 Å². The molecule has 2 heterocycles. The molecule has 0 aliphatic carbocycles. The maximum absolute atomic E-state index is 13.6. The fraction of sp³-hybridized carbons (Fsp3) is 0.269. The van der Waals surface area contributed by atoms with E-state index in [1.807, 2.05) is 38.1 Å². The standard InChI is InChI=1S/C26H25ClN2O5S/c1-5-33-25(32)22-15(4)28-26-29(23(22)16-6-9-19(10-7-16)34-14(2)3)24(31)21(35-26)13-17-12-18(27)8-11-20(17)30/h6-14,23,30H,5H2,1-4H3/t23-/m1/s1. The van der Waals surface area contributed by atoms with Crippen LogP contribution < -0.4 is 19.6 Å². The van der Waals surface area contributed by atoms with Gasteiger partial charge in [0.1, 0.15) is 11.5 Å². The van der Waals surface area contributed by atoms with Crippen molar-refractivity contribution in [3.8, 4) is 11.5 Å². The van der Waals surface area contributed by atoms with Crippen molar-refractivity contribution in [3.63, 3.8) is 0 Å². The van der Waals surface area contributed by atoms with Gasteiger partial charge in [-0.15, -0.1) is 0 Å². The number of aromatic hydroxyl groups is 1.